The third-order valence-corrected chi connectivity index (χ3v) is 3.65. The Balaban J connectivity index is 2.42. The Bertz CT molecular complexity index is 551. The van der Waals surface area contributed by atoms with Crippen LogP contribution in [-0.4, -0.2) is 33.1 Å². The topological polar surface area (TPSA) is 96.6 Å². The first kappa shape index (κ1) is 13.5. The Morgan fingerprint density at radius 2 is 2.37 bits per heavy atom. The van der Waals surface area contributed by atoms with Crippen molar-refractivity contribution in [3.8, 4) is 0 Å². The summed E-state index contributed by atoms with van der Waals surface area (Å²) in [5.74, 6) is -0.684. The fourth-order valence-electron chi connectivity index (χ4n) is 2.24. The molecular formula is C11H12ClN3O4. The van der Waals surface area contributed by atoms with E-state index in [0.717, 1.165) is 6.20 Å². The first-order valence-corrected chi connectivity index (χ1v) is 6.05. The minimum atomic E-state index is -1.08. The van der Waals surface area contributed by atoms with E-state index in [4.69, 9.17) is 11.6 Å². The highest BCUT2D eigenvalue weighted by molar-refractivity contribution is 6.33. The monoisotopic (exact) mass is 285 g/mol. The third-order valence-electron chi connectivity index (χ3n) is 3.38. The average molecular weight is 286 g/mol. The number of aliphatic carboxylic acids is 1. The van der Waals surface area contributed by atoms with Crippen LogP contribution in [0.25, 0.3) is 0 Å². The standard InChI is InChI=1S/C11H12ClN3O4/c1-11(10(16)17)3-2-4-14(11)9-8(12)5-7(6-13-9)15(18)19/h5-6H,2-4H2,1H3,(H,16,17). The average Bonchev–Trinajstić information content (AvgIpc) is 2.72. The molecule has 0 radical (unpaired) electrons. The number of rotatable bonds is 3. The lowest BCUT2D eigenvalue weighted by Gasteiger charge is -2.32. The molecule has 1 N–H and O–H groups in total. The van der Waals surface area contributed by atoms with Crippen LogP contribution in [0.5, 0.6) is 0 Å². The van der Waals surface area contributed by atoms with Gasteiger partial charge in [-0.25, -0.2) is 9.78 Å². The number of carbonyl (C=O) groups is 1. The molecule has 1 unspecified atom stereocenters. The zero-order valence-electron chi connectivity index (χ0n) is 10.2. The summed E-state index contributed by atoms with van der Waals surface area (Å²) >= 11 is 5.98. The third kappa shape index (κ3) is 2.21. The number of aromatic nitrogens is 1. The molecule has 8 heteroatoms. The van der Waals surface area contributed by atoms with Crippen LogP contribution in [0.4, 0.5) is 11.5 Å². The van der Waals surface area contributed by atoms with Gasteiger partial charge >= 0.3 is 5.97 Å². The number of anilines is 1. The summed E-state index contributed by atoms with van der Waals surface area (Å²) in [6.07, 6.45) is 2.27. The zero-order chi connectivity index (χ0) is 14.2. The van der Waals surface area contributed by atoms with Crippen molar-refractivity contribution in [3.63, 3.8) is 0 Å². The number of carboxylic acid groups (broad SMARTS) is 1. The van der Waals surface area contributed by atoms with Crippen molar-refractivity contribution in [2.75, 3.05) is 11.4 Å². The Kier molecular flexibility index (Phi) is 3.32. The molecule has 1 aromatic heterocycles. The van der Waals surface area contributed by atoms with Crippen molar-refractivity contribution in [3.05, 3.63) is 27.4 Å². The molecule has 0 spiro atoms. The Morgan fingerprint density at radius 1 is 1.68 bits per heavy atom. The SMILES string of the molecule is CC1(C(=O)O)CCCN1c1ncc([N+](=O)[O-])cc1Cl. The predicted octanol–water partition coefficient (Wildman–Crippen LogP) is 2.09. The lowest BCUT2D eigenvalue weighted by molar-refractivity contribution is -0.385. The second-order valence-electron chi connectivity index (χ2n) is 4.59. The van der Waals surface area contributed by atoms with E-state index in [1.54, 1.807) is 11.8 Å². The van der Waals surface area contributed by atoms with Gasteiger partial charge in [-0.1, -0.05) is 11.6 Å². The number of carboxylic acids is 1. The maximum atomic E-state index is 11.4. The van der Waals surface area contributed by atoms with Crippen molar-refractivity contribution >= 4 is 29.1 Å². The smallest absolute Gasteiger partial charge is 0.329 e. The second kappa shape index (κ2) is 4.65. The van der Waals surface area contributed by atoms with Crippen molar-refractivity contribution in [1.82, 2.24) is 4.98 Å². The maximum Gasteiger partial charge on any atom is 0.329 e. The highest BCUT2D eigenvalue weighted by atomic mass is 35.5. The van der Waals surface area contributed by atoms with E-state index in [0.29, 0.717) is 19.4 Å². The van der Waals surface area contributed by atoms with Crippen LogP contribution in [-0.2, 0) is 4.79 Å². The van der Waals surface area contributed by atoms with Crippen molar-refractivity contribution in [2.45, 2.75) is 25.3 Å². The van der Waals surface area contributed by atoms with Crippen molar-refractivity contribution in [1.29, 1.82) is 0 Å². The second-order valence-corrected chi connectivity index (χ2v) is 5.00. The van der Waals surface area contributed by atoms with Gasteiger partial charge in [-0.15, -0.1) is 0 Å². The molecular weight excluding hydrogens is 274 g/mol. The summed E-state index contributed by atoms with van der Waals surface area (Å²) in [6, 6.07) is 1.18. The van der Waals surface area contributed by atoms with E-state index >= 15 is 0 Å². The summed E-state index contributed by atoms with van der Waals surface area (Å²) in [6.45, 7) is 2.11. The molecule has 0 bridgehead atoms. The molecule has 19 heavy (non-hydrogen) atoms. The first-order valence-electron chi connectivity index (χ1n) is 5.67. The summed E-state index contributed by atoms with van der Waals surface area (Å²) in [7, 11) is 0. The molecule has 1 aromatic rings. The summed E-state index contributed by atoms with van der Waals surface area (Å²) in [5.41, 5.74) is -1.29. The van der Waals surface area contributed by atoms with E-state index in [2.05, 4.69) is 4.98 Å². The van der Waals surface area contributed by atoms with Crippen LogP contribution < -0.4 is 4.90 Å². The minimum Gasteiger partial charge on any atom is -0.480 e. The first-order chi connectivity index (χ1) is 8.86. The van der Waals surface area contributed by atoms with Gasteiger partial charge in [-0.05, 0) is 19.8 Å². The van der Waals surface area contributed by atoms with Crippen LogP contribution in [0.3, 0.4) is 0 Å². The number of hydrogen-bond acceptors (Lipinski definition) is 5. The van der Waals surface area contributed by atoms with Gasteiger partial charge in [-0.3, -0.25) is 10.1 Å². The minimum absolute atomic E-state index is 0.0866. The van der Waals surface area contributed by atoms with E-state index in [1.165, 1.54) is 6.07 Å². The Morgan fingerprint density at radius 3 is 2.89 bits per heavy atom. The number of halogens is 1. The molecule has 0 amide bonds. The molecule has 1 aliphatic rings. The lowest BCUT2D eigenvalue weighted by Crippen LogP contribution is -2.48. The molecule has 0 saturated carbocycles. The quantitative estimate of drug-likeness (QED) is 0.674. The number of nitrogens with zero attached hydrogens (tertiary/aromatic N) is 3. The van der Waals surface area contributed by atoms with Crippen LogP contribution in [0.2, 0.25) is 5.02 Å². The van der Waals surface area contributed by atoms with Crippen LogP contribution in [0.15, 0.2) is 12.3 Å². The Hall–Kier alpha value is -1.89. The number of nitro groups is 1. The van der Waals surface area contributed by atoms with Gasteiger partial charge in [0.2, 0.25) is 0 Å². The molecule has 2 heterocycles. The van der Waals surface area contributed by atoms with E-state index in [1.807, 2.05) is 0 Å². The van der Waals surface area contributed by atoms with E-state index in [9.17, 15) is 20.0 Å². The van der Waals surface area contributed by atoms with Gasteiger partial charge in [0.25, 0.3) is 5.69 Å². The summed E-state index contributed by atoms with van der Waals surface area (Å²) < 4.78 is 0. The highest BCUT2D eigenvalue weighted by Gasteiger charge is 2.44. The lowest BCUT2D eigenvalue weighted by atomic mass is 9.99. The normalized spacial score (nSPS) is 22.5. The highest BCUT2D eigenvalue weighted by Crippen LogP contribution is 2.37. The molecule has 102 valence electrons. The van der Waals surface area contributed by atoms with Crippen molar-refractivity contribution in [2.24, 2.45) is 0 Å². The summed E-state index contributed by atoms with van der Waals surface area (Å²) in [4.78, 5) is 26.9. The van der Waals surface area contributed by atoms with Gasteiger partial charge in [0, 0.05) is 12.6 Å². The molecule has 7 nitrogen and oxygen atoms in total. The fraction of sp³-hybridized carbons (Fsp3) is 0.455. The van der Waals surface area contributed by atoms with Crippen LogP contribution in [0, 0.1) is 10.1 Å². The molecule has 1 aliphatic heterocycles. The van der Waals surface area contributed by atoms with Gasteiger partial charge in [0.15, 0.2) is 0 Å². The molecule has 1 fully saturated rings. The summed E-state index contributed by atoms with van der Waals surface area (Å²) in [5, 5.41) is 20.0. The van der Waals surface area contributed by atoms with Gasteiger partial charge in [-0.2, -0.15) is 0 Å². The largest absolute Gasteiger partial charge is 0.480 e. The number of pyridine rings is 1. The molecule has 2 rings (SSSR count). The predicted molar refractivity (Wildman–Crippen MR) is 68.5 cm³/mol. The maximum absolute atomic E-state index is 11.4. The Labute approximate surface area is 114 Å². The van der Waals surface area contributed by atoms with Crippen LogP contribution in [0.1, 0.15) is 19.8 Å². The van der Waals surface area contributed by atoms with Gasteiger partial charge < -0.3 is 10.0 Å². The van der Waals surface area contributed by atoms with Crippen LogP contribution >= 0.6 is 11.6 Å². The van der Waals surface area contributed by atoms with E-state index < -0.39 is 16.4 Å². The number of hydrogen-bond donors (Lipinski definition) is 1. The molecule has 1 atom stereocenters. The van der Waals surface area contributed by atoms with Crippen molar-refractivity contribution < 1.29 is 14.8 Å². The molecule has 1 saturated heterocycles. The van der Waals surface area contributed by atoms with Gasteiger partial charge in [0.1, 0.15) is 17.6 Å². The molecule has 0 aromatic carbocycles. The fourth-order valence-corrected chi connectivity index (χ4v) is 2.51. The zero-order valence-corrected chi connectivity index (χ0v) is 10.9. The van der Waals surface area contributed by atoms with Gasteiger partial charge in [0.05, 0.1) is 9.95 Å². The van der Waals surface area contributed by atoms with E-state index in [-0.39, 0.29) is 16.5 Å². The molecule has 0 aliphatic carbocycles.